The van der Waals surface area contributed by atoms with Crippen LogP contribution in [0.2, 0.25) is 0 Å². The molecule has 0 saturated carbocycles. The molecule has 0 aliphatic heterocycles. The quantitative estimate of drug-likeness (QED) is 0.904. The SMILES string of the molecule is CCc1nn(C)c(C(=O)Nc2ncccc2Br)c1N. The number of amides is 1. The van der Waals surface area contributed by atoms with E-state index in [0.29, 0.717) is 33.8 Å². The summed E-state index contributed by atoms with van der Waals surface area (Å²) < 4.78 is 2.19. The Bertz CT molecular complexity index is 623. The molecule has 0 aliphatic rings. The van der Waals surface area contributed by atoms with Crippen molar-refractivity contribution in [3.63, 3.8) is 0 Å². The number of hydrogen-bond acceptors (Lipinski definition) is 4. The van der Waals surface area contributed by atoms with E-state index in [2.05, 4.69) is 31.3 Å². The maximum absolute atomic E-state index is 12.2. The Morgan fingerprint density at radius 3 is 2.89 bits per heavy atom. The van der Waals surface area contributed by atoms with Gasteiger partial charge in [-0.15, -0.1) is 0 Å². The number of pyridine rings is 1. The summed E-state index contributed by atoms with van der Waals surface area (Å²) >= 11 is 3.32. The number of aryl methyl sites for hydroxylation is 2. The number of aromatic nitrogens is 3. The first kappa shape index (κ1) is 13.5. The monoisotopic (exact) mass is 323 g/mol. The minimum absolute atomic E-state index is 0.327. The molecule has 3 N–H and O–H groups in total. The predicted molar refractivity (Wildman–Crippen MR) is 76.9 cm³/mol. The van der Waals surface area contributed by atoms with Crippen LogP contribution in [0.4, 0.5) is 11.5 Å². The van der Waals surface area contributed by atoms with E-state index in [1.807, 2.05) is 6.92 Å². The Hall–Kier alpha value is -1.89. The van der Waals surface area contributed by atoms with E-state index in [9.17, 15) is 4.79 Å². The fourth-order valence-electron chi connectivity index (χ4n) is 1.77. The van der Waals surface area contributed by atoms with Crippen LogP contribution >= 0.6 is 15.9 Å². The molecule has 0 unspecified atom stereocenters. The van der Waals surface area contributed by atoms with Crippen LogP contribution in [0.15, 0.2) is 22.8 Å². The first-order valence-corrected chi connectivity index (χ1v) is 6.57. The number of nitrogens with one attached hydrogen (secondary N) is 1. The van der Waals surface area contributed by atoms with Crippen molar-refractivity contribution in [1.82, 2.24) is 14.8 Å². The molecule has 7 heteroatoms. The van der Waals surface area contributed by atoms with E-state index in [-0.39, 0.29) is 5.91 Å². The van der Waals surface area contributed by atoms with E-state index in [1.165, 1.54) is 4.68 Å². The third-order valence-electron chi connectivity index (χ3n) is 2.70. The molecular formula is C12H14BrN5O. The molecule has 2 heterocycles. The fraction of sp³-hybridized carbons (Fsp3) is 0.250. The molecule has 2 aromatic rings. The van der Waals surface area contributed by atoms with Crippen molar-refractivity contribution in [1.29, 1.82) is 0 Å². The van der Waals surface area contributed by atoms with E-state index in [1.54, 1.807) is 25.4 Å². The standard InChI is InChI=1S/C12H14BrN5O/c1-3-8-9(14)10(18(2)17-8)12(19)16-11-7(13)5-4-6-15-11/h4-6H,3,14H2,1-2H3,(H,15,16,19). The zero-order valence-electron chi connectivity index (χ0n) is 10.6. The summed E-state index contributed by atoms with van der Waals surface area (Å²) in [5.74, 6) is 0.123. The van der Waals surface area contributed by atoms with Crippen molar-refractivity contribution < 1.29 is 4.79 Å². The summed E-state index contributed by atoms with van der Waals surface area (Å²) in [5.41, 5.74) is 7.40. The normalized spacial score (nSPS) is 10.5. The Morgan fingerprint density at radius 1 is 1.58 bits per heavy atom. The van der Waals surface area contributed by atoms with Crippen LogP contribution in [0, 0.1) is 0 Å². The maximum Gasteiger partial charge on any atom is 0.277 e. The van der Waals surface area contributed by atoms with Crippen molar-refractivity contribution in [3.8, 4) is 0 Å². The van der Waals surface area contributed by atoms with Gasteiger partial charge in [-0.25, -0.2) is 4.98 Å². The second-order valence-corrected chi connectivity index (χ2v) is 4.83. The highest BCUT2D eigenvalue weighted by Crippen LogP contribution is 2.21. The van der Waals surface area contributed by atoms with Crippen LogP contribution < -0.4 is 11.1 Å². The van der Waals surface area contributed by atoms with Crippen molar-refractivity contribution in [2.45, 2.75) is 13.3 Å². The lowest BCUT2D eigenvalue weighted by atomic mass is 10.2. The largest absolute Gasteiger partial charge is 0.395 e. The van der Waals surface area contributed by atoms with Crippen LogP contribution in [-0.2, 0) is 13.5 Å². The number of hydrogen-bond donors (Lipinski definition) is 2. The average molecular weight is 324 g/mol. The van der Waals surface area contributed by atoms with Gasteiger partial charge in [-0.3, -0.25) is 9.48 Å². The highest BCUT2D eigenvalue weighted by atomic mass is 79.9. The lowest BCUT2D eigenvalue weighted by Gasteiger charge is -2.06. The summed E-state index contributed by atoms with van der Waals surface area (Å²) in [6, 6.07) is 3.57. The van der Waals surface area contributed by atoms with Gasteiger partial charge in [0.15, 0.2) is 0 Å². The highest BCUT2D eigenvalue weighted by molar-refractivity contribution is 9.10. The van der Waals surface area contributed by atoms with Crippen LogP contribution in [0.3, 0.4) is 0 Å². The maximum atomic E-state index is 12.2. The lowest BCUT2D eigenvalue weighted by Crippen LogP contribution is -2.18. The van der Waals surface area contributed by atoms with Gasteiger partial charge in [0.2, 0.25) is 0 Å². The Kier molecular flexibility index (Phi) is 3.84. The molecule has 0 atom stereocenters. The van der Waals surface area contributed by atoms with Crippen LogP contribution in [0.1, 0.15) is 23.1 Å². The summed E-state index contributed by atoms with van der Waals surface area (Å²) in [6.45, 7) is 1.94. The van der Waals surface area contributed by atoms with Gasteiger partial charge >= 0.3 is 0 Å². The molecule has 0 aliphatic carbocycles. The van der Waals surface area contributed by atoms with Gasteiger partial charge in [-0.1, -0.05) is 6.92 Å². The number of anilines is 2. The van der Waals surface area contributed by atoms with Crippen LogP contribution in [0.5, 0.6) is 0 Å². The van der Waals surface area contributed by atoms with Crippen molar-refractivity contribution in [3.05, 3.63) is 34.2 Å². The number of rotatable bonds is 3. The number of nitrogens with zero attached hydrogens (tertiary/aromatic N) is 3. The number of carbonyl (C=O) groups is 1. The Morgan fingerprint density at radius 2 is 2.32 bits per heavy atom. The Labute approximate surface area is 119 Å². The average Bonchev–Trinajstić information content (AvgIpc) is 2.67. The van der Waals surface area contributed by atoms with E-state index >= 15 is 0 Å². The molecule has 6 nitrogen and oxygen atoms in total. The molecule has 0 aromatic carbocycles. The van der Waals surface area contributed by atoms with Crippen molar-refractivity contribution >= 4 is 33.3 Å². The van der Waals surface area contributed by atoms with Gasteiger partial charge in [-0.05, 0) is 34.5 Å². The zero-order valence-corrected chi connectivity index (χ0v) is 12.2. The second kappa shape index (κ2) is 5.40. The van der Waals surface area contributed by atoms with Gasteiger partial charge in [0.05, 0.1) is 15.9 Å². The Balaban J connectivity index is 2.31. The molecule has 0 radical (unpaired) electrons. The fourth-order valence-corrected chi connectivity index (χ4v) is 2.12. The van der Waals surface area contributed by atoms with E-state index in [0.717, 1.165) is 0 Å². The molecule has 0 saturated heterocycles. The number of nitrogen functional groups attached to an aromatic ring is 1. The summed E-state index contributed by atoms with van der Waals surface area (Å²) in [7, 11) is 1.69. The third-order valence-corrected chi connectivity index (χ3v) is 3.34. The number of carbonyl (C=O) groups excluding carboxylic acids is 1. The number of nitrogens with two attached hydrogens (primary N) is 1. The predicted octanol–water partition coefficient (Wildman–Crippen LogP) is 1.97. The van der Waals surface area contributed by atoms with Gasteiger partial charge in [0.1, 0.15) is 11.5 Å². The summed E-state index contributed by atoms with van der Waals surface area (Å²) in [6.07, 6.45) is 2.28. The van der Waals surface area contributed by atoms with Crippen molar-refractivity contribution in [2.75, 3.05) is 11.1 Å². The number of halogens is 1. The molecule has 19 heavy (non-hydrogen) atoms. The van der Waals surface area contributed by atoms with Crippen molar-refractivity contribution in [2.24, 2.45) is 7.05 Å². The summed E-state index contributed by atoms with van der Waals surface area (Å²) in [5, 5.41) is 6.92. The first-order chi connectivity index (χ1) is 9.04. The molecule has 0 fully saturated rings. The molecule has 2 aromatic heterocycles. The molecule has 0 spiro atoms. The smallest absolute Gasteiger partial charge is 0.277 e. The van der Waals surface area contributed by atoms with Gasteiger partial charge < -0.3 is 11.1 Å². The molecule has 1 amide bonds. The molecule has 100 valence electrons. The highest BCUT2D eigenvalue weighted by Gasteiger charge is 2.20. The van der Waals surface area contributed by atoms with Gasteiger partial charge in [-0.2, -0.15) is 5.10 Å². The van der Waals surface area contributed by atoms with Crippen LogP contribution in [0.25, 0.3) is 0 Å². The van der Waals surface area contributed by atoms with Gasteiger partial charge in [0, 0.05) is 13.2 Å². The first-order valence-electron chi connectivity index (χ1n) is 5.77. The van der Waals surface area contributed by atoms with Crippen LogP contribution in [-0.4, -0.2) is 20.7 Å². The molecular weight excluding hydrogens is 310 g/mol. The second-order valence-electron chi connectivity index (χ2n) is 3.97. The molecule has 2 rings (SSSR count). The van der Waals surface area contributed by atoms with E-state index in [4.69, 9.17) is 5.73 Å². The third kappa shape index (κ3) is 2.60. The minimum atomic E-state index is -0.327. The van der Waals surface area contributed by atoms with Gasteiger partial charge in [0.25, 0.3) is 5.91 Å². The summed E-state index contributed by atoms with van der Waals surface area (Å²) in [4.78, 5) is 16.3. The van der Waals surface area contributed by atoms with E-state index < -0.39 is 0 Å². The lowest BCUT2D eigenvalue weighted by molar-refractivity contribution is 0.101. The topological polar surface area (TPSA) is 85.8 Å². The molecule has 0 bridgehead atoms. The minimum Gasteiger partial charge on any atom is -0.395 e. The zero-order chi connectivity index (χ0) is 14.0.